The van der Waals surface area contributed by atoms with Gasteiger partial charge in [-0.2, -0.15) is 0 Å². The van der Waals surface area contributed by atoms with Gasteiger partial charge in [-0.05, 0) is 37.4 Å². The zero-order valence-corrected chi connectivity index (χ0v) is 13.0. The molecule has 0 saturated carbocycles. The van der Waals surface area contributed by atoms with Crippen molar-refractivity contribution in [2.45, 2.75) is 12.6 Å². The van der Waals surface area contributed by atoms with Crippen molar-refractivity contribution in [3.63, 3.8) is 0 Å². The van der Waals surface area contributed by atoms with E-state index in [1.54, 1.807) is 7.11 Å². The summed E-state index contributed by atoms with van der Waals surface area (Å²) < 4.78 is 5.19. The molecule has 112 valence electrons. The van der Waals surface area contributed by atoms with Crippen molar-refractivity contribution in [2.24, 2.45) is 0 Å². The molecule has 21 heavy (non-hydrogen) atoms. The van der Waals surface area contributed by atoms with Crippen molar-refractivity contribution in [1.29, 1.82) is 0 Å². The molecule has 2 aromatic rings. The van der Waals surface area contributed by atoms with Crippen molar-refractivity contribution in [3.8, 4) is 5.75 Å². The van der Waals surface area contributed by atoms with Gasteiger partial charge >= 0.3 is 0 Å². The topological polar surface area (TPSA) is 24.5 Å². The van der Waals surface area contributed by atoms with Crippen LogP contribution in [-0.4, -0.2) is 32.6 Å². The average Bonchev–Trinajstić information content (AvgIpc) is 2.52. The van der Waals surface area contributed by atoms with Crippen LogP contribution in [0.4, 0.5) is 0 Å². The third-order valence-corrected chi connectivity index (χ3v) is 3.46. The molecule has 0 aliphatic rings. The number of likely N-dealkylation sites (N-methyl/N-ethyl adjacent to an activating group) is 1. The molecule has 1 atom stereocenters. The molecule has 0 spiro atoms. The second kappa shape index (κ2) is 7.81. The lowest BCUT2D eigenvalue weighted by Gasteiger charge is -2.23. The van der Waals surface area contributed by atoms with E-state index in [9.17, 15) is 0 Å². The molecule has 0 fully saturated rings. The summed E-state index contributed by atoms with van der Waals surface area (Å²) in [5.41, 5.74) is 2.58. The number of methoxy groups -OCH3 is 1. The second-order valence-corrected chi connectivity index (χ2v) is 5.45. The molecule has 1 N–H and O–H groups in total. The van der Waals surface area contributed by atoms with E-state index in [0.29, 0.717) is 6.04 Å². The Morgan fingerprint density at radius 2 is 1.67 bits per heavy atom. The predicted molar refractivity (Wildman–Crippen MR) is 87.6 cm³/mol. The summed E-state index contributed by atoms with van der Waals surface area (Å²) >= 11 is 0. The van der Waals surface area contributed by atoms with Crippen LogP contribution in [0, 0.1) is 0 Å². The fourth-order valence-corrected chi connectivity index (χ4v) is 2.32. The number of ether oxygens (including phenoxy) is 1. The van der Waals surface area contributed by atoms with Gasteiger partial charge in [0.15, 0.2) is 0 Å². The van der Waals surface area contributed by atoms with E-state index in [0.717, 1.165) is 18.8 Å². The normalized spacial score (nSPS) is 12.4. The zero-order chi connectivity index (χ0) is 15.1. The van der Waals surface area contributed by atoms with Gasteiger partial charge in [0.05, 0.1) is 7.11 Å². The molecule has 0 heterocycles. The molecule has 0 radical (unpaired) electrons. The Morgan fingerprint density at radius 1 is 1.00 bits per heavy atom. The van der Waals surface area contributed by atoms with E-state index in [-0.39, 0.29) is 0 Å². The minimum absolute atomic E-state index is 0.323. The summed E-state index contributed by atoms with van der Waals surface area (Å²) in [6.07, 6.45) is 0. The second-order valence-electron chi connectivity index (χ2n) is 5.45. The number of nitrogens with one attached hydrogen (secondary N) is 1. The summed E-state index contributed by atoms with van der Waals surface area (Å²) in [6, 6.07) is 19.1. The fraction of sp³-hybridized carbons (Fsp3) is 0.333. The van der Waals surface area contributed by atoms with E-state index in [2.05, 4.69) is 66.8 Å². The van der Waals surface area contributed by atoms with Gasteiger partial charge in [-0.15, -0.1) is 0 Å². The summed E-state index contributed by atoms with van der Waals surface area (Å²) in [5, 5.41) is 3.64. The molecule has 0 bridgehead atoms. The smallest absolute Gasteiger partial charge is 0.118 e. The lowest BCUT2D eigenvalue weighted by molar-refractivity contribution is 0.340. The Morgan fingerprint density at radius 3 is 2.24 bits per heavy atom. The molecule has 1 unspecified atom stereocenters. The van der Waals surface area contributed by atoms with E-state index < -0.39 is 0 Å². The van der Waals surface area contributed by atoms with Crippen molar-refractivity contribution in [3.05, 3.63) is 65.7 Å². The summed E-state index contributed by atoms with van der Waals surface area (Å²) in [4.78, 5) is 2.21. The van der Waals surface area contributed by atoms with Crippen LogP contribution in [0.3, 0.4) is 0 Å². The van der Waals surface area contributed by atoms with Gasteiger partial charge < -0.3 is 15.0 Å². The first-order valence-corrected chi connectivity index (χ1v) is 7.25. The van der Waals surface area contributed by atoms with Crippen molar-refractivity contribution < 1.29 is 4.74 Å². The largest absolute Gasteiger partial charge is 0.497 e. The summed E-state index contributed by atoms with van der Waals surface area (Å²) in [5.74, 6) is 0.895. The number of rotatable bonds is 7. The van der Waals surface area contributed by atoms with Crippen LogP contribution in [0.5, 0.6) is 5.75 Å². The molecule has 3 heteroatoms. The van der Waals surface area contributed by atoms with Gasteiger partial charge in [0, 0.05) is 19.1 Å². The highest BCUT2D eigenvalue weighted by Gasteiger charge is 2.11. The Bertz CT molecular complexity index is 523. The van der Waals surface area contributed by atoms with Crippen molar-refractivity contribution in [2.75, 3.05) is 27.7 Å². The molecule has 0 aliphatic carbocycles. The third-order valence-electron chi connectivity index (χ3n) is 3.46. The molecule has 2 rings (SSSR count). The van der Waals surface area contributed by atoms with Gasteiger partial charge in [-0.25, -0.2) is 0 Å². The van der Waals surface area contributed by atoms with Crippen LogP contribution >= 0.6 is 0 Å². The highest BCUT2D eigenvalue weighted by Crippen LogP contribution is 2.16. The van der Waals surface area contributed by atoms with E-state index in [4.69, 9.17) is 4.74 Å². The molecule has 0 aliphatic heterocycles. The van der Waals surface area contributed by atoms with Gasteiger partial charge in [0.2, 0.25) is 0 Å². The van der Waals surface area contributed by atoms with Crippen LogP contribution < -0.4 is 10.1 Å². The molecule has 0 amide bonds. The first kappa shape index (κ1) is 15.5. The minimum Gasteiger partial charge on any atom is -0.497 e. The molecular weight excluding hydrogens is 260 g/mol. The van der Waals surface area contributed by atoms with Crippen LogP contribution in [0.2, 0.25) is 0 Å². The Kier molecular flexibility index (Phi) is 5.78. The number of hydrogen-bond acceptors (Lipinski definition) is 3. The van der Waals surface area contributed by atoms with Gasteiger partial charge in [-0.1, -0.05) is 42.5 Å². The monoisotopic (exact) mass is 284 g/mol. The van der Waals surface area contributed by atoms with Gasteiger partial charge in [0.25, 0.3) is 0 Å². The maximum absolute atomic E-state index is 5.19. The first-order chi connectivity index (χ1) is 10.2. The fourth-order valence-electron chi connectivity index (χ4n) is 2.32. The predicted octanol–water partition coefficient (Wildman–Crippen LogP) is 3.09. The quantitative estimate of drug-likeness (QED) is 0.845. The molecule has 3 nitrogen and oxygen atoms in total. The van der Waals surface area contributed by atoms with Gasteiger partial charge in [-0.3, -0.25) is 0 Å². The maximum atomic E-state index is 5.19. The third kappa shape index (κ3) is 4.88. The molecule has 0 saturated heterocycles. The number of benzene rings is 2. The number of hydrogen-bond donors (Lipinski definition) is 1. The zero-order valence-electron chi connectivity index (χ0n) is 13.0. The van der Waals surface area contributed by atoms with E-state index >= 15 is 0 Å². The number of nitrogens with zero attached hydrogens (tertiary/aromatic N) is 1. The van der Waals surface area contributed by atoms with Crippen LogP contribution in [-0.2, 0) is 6.54 Å². The summed E-state index contributed by atoms with van der Waals surface area (Å²) in [7, 11) is 5.89. The van der Waals surface area contributed by atoms with E-state index in [1.807, 2.05) is 12.1 Å². The molecule has 0 aromatic heterocycles. The standard InChI is InChI=1S/C18H24N2O/c1-20(2)14-18(16-7-5-4-6-8-16)19-13-15-9-11-17(21-3)12-10-15/h4-12,18-19H,13-14H2,1-3H3. The van der Waals surface area contributed by atoms with E-state index in [1.165, 1.54) is 11.1 Å². The van der Waals surface area contributed by atoms with Crippen LogP contribution in [0.1, 0.15) is 17.2 Å². The van der Waals surface area contributed by atoms with Gasteiger partial charge in [0.1, 0.15) is 5.75 Å². The summed E-state index contributed by atoms with van der Waals surface area (Å²) in [6.45, 7) is 1.82. The SMILES string of the molecule is COc1ccc(CNC(CN(C)C)c2ccccc2)cc1. The molecular formula is C18H24N2O. The minimum atomic E-state index is 0.323. The Hall–Kier alpha value is -1.84. The van der Waals surface area contributed by atoms with Crippen LogP contribution in [0.25, 0.3) is 0 Å². The van der Waals surface area contributed by atoms with Crippen molar-refractivity contribution in [1.82, 2.24) is 10.2 Å². The lowest BCUT2D eigenvalue weighted by atomic mass is 10.1. The highest BCUT2D eigenvalue weighted by molar-refractivity contribution is 5.27. The Labute approximate surface area is 127 Å². The lowest BCUT2D eigenvalue weighted by Crippen LogP contribution is -2.30. The maximum Gasteiger partial charge on any atom is 0.118 e. The average molecular weight is 284 g/mol. The molecule has 2 aromatic carbocycles. The first-order valence-electron chi connectivity index (χ1n) is 7.25. The van der Waals surface area contributed by atoms with Crippen molar-refractivity contribution >= 4 is 0 Å². The Balaban J connectivity index is 2.01. The van der Waals surface area contributed by atoms with Crippen LogP contribution in [0.15, 0.2) is 54.6 Å². The highest BCUT2D eigenvalue weighted by atomic mass is 16.5.